The first-order chi connectivity index (χ1) is 27.9. The average molecular weight is 812 g/mol. The lowest BCUT2D eigenvalue weighted by molar-refractivity contribution is -0.346. The van der Waals surface area contributed by atoms with Gasteiger partial charge in [-0.25, -0.2) is 9.59 Å². The highest BCUT2D eigenvalue weighted by Crippen LogP contribution is 2.64. The van der Waals surface area contributed by atoms with Gasteiger partial charge in [0.1, 0.15) is 30.0 Å². The number of aliphatic hydroxyl groups is 4. The third-order valence-corrected chi connectivity index (χ3v) is 13.2. The fourth-order valence-corrected chi connectivity index (χ4v) is 9.94. The van der Waals surface area contributed by atoms with E-state index in [4.69, 9.17) is 18.9 Å². The molecular formula is C45H49NO13. The fraction of sp³-hybridized carbons (Fsp3) is 0.444. The summed E-state index contributed by atoms with van der Waals surface area (Å²) >= 11 is 0. The number of ketones is 1. The third-order valence-electron chi connectivity index (χ3n) is 13.2. The van der Waals surface area contributed by atoms with Crippen LogP contribution in [0.5, 0.6) is 0 Å². The van der Waals surface area contributed by atoms with Gasteiger partial charge in [-0.15, -0.1) is 0 Å². The normalized spacial score (nSPS) is 33.0. The minimum atomic E-state index is -2.35. The van der Waals surface area contributed by atoms with Gasteiger partial charge in [0.05, 0.1) is 35.6 Å². The van der Waals surface area contributed by atoms with E-state index in [1.54, 1.807) is 92.7 Å². The summed E-state index contributed by atoms with van der Waals surface area (Å²) in [7, 11) is 0. The van der Waals surface area contributed by atoms with Crippen LogP contribution >= 0.6 is 0 Å². The molecular weight excluding hydrogens is 762 g/mol. The van der Waals surface area contributed by atoms with Gasteiger partial charge in [-0.3, -0.25) is 14.4 Å². The molecule has 3 aromatic rings. The molecule has 3 fully saturated rings. The number of aliphatic hydroxyl groups excluding tert-OH is 3. The molecule has 0 radical (unpaired) electrons. The van der Waals surface area contributed by atoms with E-state index in [9.17, 15) is 44.4 Å². The molecule has 14 nitrogen and oxygen atoms in total. The Bertz CT molecular complexity index is 2160. The van der Waals surface area contributed by atoms with Crippen molar-refractivity contribution in [1.29, 1.82) is 0 Å². The van der Waals surface area contributed by atoms with Crippen molar-refractivity contribution in [3.05, 3.63) is 119 Å². The van der Waals surface area contributed by atoms with Crippen molar-refractivity contribution in [2.75, 3.05) is 6.61 Å². The molecule has 1 amide bonds. The summed E-state index contributed by atoms with van der Waals surface area (Å²) in [5, 5.41) is 51.9. The van der Waals surface area contributed by atoms with Gasteiger partial charge in [-0.05, 0) is 54.8 Å². The number of nitrogens with one attached hydrogen (secondary N) is 1. The molecule has 7 rings (SSSR count). The Morgan fingerprint density at radius 3 is 2.00 bits per heavy atom. The quantitative estimate of drug-likeness (QED) is 0.120. The van der Waals surface area contributed by atoms with E-state index < -0.39 is 107 Å². The average Bonchev–Trinajstić information content (AvgIpc) is 3.21. The second kappa shape index (κ2) is 15.4. The summed E-state index contributed by atoms with van der Waals surface area (Å²) in [6.07, 6.45) is -10.5. The number of ether oxygens (including phenoxy) is 4. The lowest BCUT2D eigenvalue weighted by atomic mass is 9.44. The van der Waals surface area contributed by atoms with Crippen molar-refractivity contribution < 1.29 is 63.3 Å². The SMILES string of the molecule is CC(=O)O[C@]12CO[C@@H]1C[C@H](O)[C@]1(C)C(=O)[C@H](O)C3=C(C)[C@H](OC(=O)[C@H](O)[C@H](NC(=O)c4ccccc4)c4ccccc4)C[C@@](O)([C@H](OC(=O)c4ccccc4)[C@@H]21)C3(C)C. The summed E-state index contributed by atoms with van der Waals surface area (Å²) in [6, 6.07) is 23.1. The number of Topliss-reactive ketones (excluding diaryl/α,β-unsaturated/α-hetero) is 1. The van der Waals surface area contributed by atoms with Gasteiger partial charge in [0.15, 0.2) is 17.5 Å². The van der Waals surface area contributed by atoms with Crippen molar-refractivity contribution in [3.8, 4) is 0 Å². The van der Waals surface area contributed by atoms with Crippen molar-refractivity contribution >= 4 is 29.6 Å². The summed E-state index contributed by atoms with van der Waals surface area (Å²) in [5.41, 5.74) is -6.86. The molecule has 1 saturated heterocycles. The molecule has 1 aliphatic heterocycles. The molecule has 0 spiro atoms. The monoisotopic (exact) mass is 811 g/mol. The maximum Gasteiger partial charge on any atom is 0.338 e. The summed E-state index contributed by atoms with van der Waals surface area (Å²) in [6.45, 7) is 6.89. The molecule has 5 N–H and O–H groups in total. The number of esters is 3. The van der Waals surface area contributed by atoms with Crippen molar-refractivity contribution in [2.24, 2.45) is 16.7 Å². The lowest BCUT2D eigenvalue weighted by Gasteiger charge is -2.67. The van der Waals surface area contributed by atoms with Crippen LogP contribution in [0.25, 0.3) is 0 Å². The Labute approximate surface area is 341 Å². The van der Waals surface area contributed by atoms with E-state index in [2.05, 4.69) is 5.32 Å². The number of carbonyl (C=O) groups is 5. The molecule has 3 aliphatic carbocycles. The Balaban J connectivity index is 1.34. The summed E-state index contributed by atoms with van der Waals surface area (Å²) in [4.78, 5) is 69.5. The third kappa shape index (κ3) is 6.76. The first kappa shape index (κ1) is 41.9. The zero-order valence-electron chi connectivity index (χ0n) is 33.4. The number of rotatable bonds is 9. The first-order valence-electron chi connectivity index (χ1n) is 19.6. The highest BCUT2D eigenvalue weighted by Gasteiger charge is 2.78. The minimum Gasteiger partial charge on any atom is -0.456 e. The highest BCUT2D eigenvalue weighted by molar-refractivity contribution is 5.95. The number of hydrogen-bond acceptors (Lipinski definition) is 13. The molecule has 4 aliphatic rings. The lowest BCUT2D eigenvalue weighted by Crippen LogP contribution is -2.81. The van der Waals surface area contributed by atoms with E-state index in [1.807, 2.05) is 0 Å². The molecule has 0 unspecified atom stereocenters. The van der Waals surface area contributed by atoms with Gasteiger partial charge in [0, 0.05) is 30.7 Å². The largest absolute Gasteiger partial charge is 0.456 e. The number of fused-ring (bicyclic) bond motifs is 5. The van der Waals surface area contributed by atoms with Crippen LogP contribution in [-0.2, 0) is 33.3 Å². The van der Waals surface area contributed by atoms with E-state index >= 15 is 0 Å². The molecule has 14 heteroatoms. The molecule has 0 aromatic heterocycles. The van der Waals surface area contributed by atoms with Gasteiger partial charge < -0.3 is 44.7 Å². The molecule has 3 aromatic carbocycles. The van der Waals surface area contributed by atoms with Crippen molar-refractivity contribution in [1.82, 2.24) is 5.32 Å². The second-order valence-electron chi connectivity index (χ2n) is 16.8. The van der Waals surface area contributed by atoms with Gasteiger partial charge in [-0.2, -0.15) is 0 Å². The van der Waals surface area contributed by atoms with Gasteiger partial charge in [0.2, 0.25) is 0 Å². The van der Waals surface area contributed by atoms with Crippen LogP contribution in [0.4, 0.5) is 0 Å². The van der Waals surface area contributed by atoms with Crippen molar-refractivity contribution in [3.63, 3.8) is 0 Å². The van der Waals surface area contributed by atoms with Crippen LogP contribution < -0.4 is 5.32 Å². The summed E-state index contributed by atoms with van der Waals surface area (Å²) < 4.78 is 24.2. The number of amides is 1. The van der Waals surface area contributed by atoms with Crippen LogP contribution in [0.2, 0.25) is 0 Å². The van der Waals surface area contributed by atoms with Crippen LogP contribution in [0, 0.1) is 16.7 Å². The minimum absolute atomic E-state index is 0.0540. The molecule has 1 heterocycles. The predicted octanol–water partition coefficient (Wildman–Crippen LogP) is 3.16. The zero-order valence-corrected chi connectivity index (χ0v) is 33.4. The maximum absolute atomic E-state index is 15.0. The molecule has 312 valence electrons. The smallest absolute Gasteiger partial charge is 0.338 e. The maximum atomic E-state index is 15.0. The second-order valence-corrected chi connectivity index (χ2v) is 16.8. The van der Waals surface area contributed by atoms with Crippen LogP contribution in [0.3, 0.4) is 0 Å². The zero-order chi connectivity index (χ0) is 42.7. The summed E-state index contributed by atoms with van der Waals surface area (Å²) in [5.74, 6) is -5.89. The highest BCUT2D eigenvalue weighted by atomic mass is 16.6. The van der Waals surface area contributed by atoms with Crippen LogP contribution in [0.1, 0.15) is 79.8 Å². The molecule has 11 atom stereocenters. The number of hydrogen-bond donors (Lipinski definition) is 5. The van der Waals surface area contributed by atoms with Crippen LogP contribution in [0.15, 0.2) is 102 Å². The predicted molar refractivity (Wildman–Crippen MR) is 208 cm³/mol. The van der Waals surface area contributed by atoms with Crippen molar-refractivity contribution in [2.45, 2.75) is 101 Å². The standard InChI is InChI=1S/C45H49NO13/c1-24-29(57-41(54)35(50)33(26-15-9-6-10-16-26)46-39(52)27-17-11-7-12-18-27)22-45(55)38(58-40(53)28-19-13-8-14-20-28)36-43(5,37(51)34(49)32(24)42(45,3)4)30(48)21-31-44(36,23-56-31)59-25(2)47/h6-20,29-31,33-36,38,48-50,55H,21-23H2,1-5H3,(H,46,52)/t29-,30+,31-,33-,34-,35-,36-,38-,43+,44-,45-/m1/s1. The Hall–Kier alpha value is -5.25. The van der Waals surface area contributed by atoms with Gasteiger partial charge in [-0.1, -0.05) is 80.6 Å². The molecule has 2 bridgehead atoms. The van der Waals surface area contributed by atoms with E-state index in [0.717, 1.165) is 6.92 Å². The Kier molecular flexibility index (Phi) is 10.9. The topological polar surface area (TPSA) is 215 Å². The van der Waals surface area contributed by atoms with Crippen LogP contribution in [-0.4, -0.2) is 104 Å². The number of benzene rings is 3. The van der Waals surface area contributed by atoms with E-state index in [0.29, 0.717) is 5.56 Å². The Morgan fingerprint density at radius 2 is 1.44 bits per heavy atom. The van der Waals surface area contributed by atoms with E-state index in [1.165, 1.54) is 26.0 Å². The van der Waals surface area contributed by atoms with E-state index in [-0.39, 0.29) is 35.3 Å². The fourth-order valence-electron chi connectivity index (χ4n) is 9.94. The Morgan fingerprint density at radius 1 is 0.864 bits per heavy atom. The first-order valence-corrected chi connectivity index (χ1v) is 19.6. The molecule has 59 heavy (non-hydrogen) atoms. The molecule has 2 saturated carbocycles. The number of carbonyl (C=O) groups excluding carboxylic acids is 5. The van der Waals surface area contributed by atoms with Gasteiger partial charge >= 0.3 is 17.9 Å². The van der Waals surface area contributed by atoms with Gasteiger partial charge in [0.25, 0.3) is 5.91 Å².